The maximum atomic E-state index is 12.5. The Hall–Kier alpha value is -0.330. The molecule has 0 aromatic rings. The lowest BCUT2D eigenvalue weighted by Gasteiger charge is -2.71. The largest absolute Gasteiger partial charge is 0.299 e. The predicted octanol–water partition coefficient (Wildman–Crippen LogP) is 7.04. The molecule has 27 heavy (non-hydrogen) atoms. The molecule has 0 bridgehead atoms. The highest BCUT2D eigenvalue weighted by molar-refractivity contribution is 5.82. The second-order valence-corrected chi connectivity index (χ2v) is 12.6. The van der Waals surface area contributed by atoms with Crippen molar-refractivity contribution in [2.45, 2.75) is 105 Å². The zero-order valence-corrected chi connectivity index (χ0v) is 18.6. The zero-order chi connectivity index (χ0) is 19.2. The summed E-state index contributed by atoms with van der Waals surface area (Å²) in [6.07, 6.45) is 15.0. The van der Waals surface area contributed by atoms with Crippen molar-refractivity contribution in [1.29, 1.82) is 0 Å². The molecule has 4 unspecified atom stereocenters. The van der Waals surface area contributed by atoms with Crippen molar-refractivity contribution in [3.05, 3.63) is 0 Å². The van der Waals surface area contributed by atoms with Crippen LogP contribution in [-0.2, 0) is 4.79 Å². The Balaban J connectivity index is 1.53. The Kier molecular flexibility index (Phi) is 3.90. The monoisotopic (exact) mass is 370 g/mol. The highest BCUT2D eigenvalue weighted by atomic mass is 16.1. The van der Waals surface area contributed by atoms with Crippen molar-refractivity contribution in [3.8, 4) is 0 Å². The predicted molar refractivity (Wildman–Crippen MR) is 111 cm³/mol. The van der Waals surface area contributed by atoms with Gasteiger partial charge in [-0.2, -0.15) is 0 Å². The minimum absolute atomic E-state index is 0.309. The topological polar surface area (TPSA) is 17.1 Å². The van der Waals surface area contributed by atoms with Crippen molar-refractivity contribution >= 4 is 5.78 Å². The third kappa shape index (κ3) is 2.16. The van der Waals surface area contributed by atoms with Gasteiger partial charge in [0.1, 0.15) is 5.78 Å². The number of hydrogen-bond acceptors (Lipinski definition) is 1. The van der Waals surface area contributed by atoms with E-state index in [-0.39, 0.29) is 0 Å². The third-order valence-electron chi connectivity index (χ3n) is 12.2. The van der Waals surface area contributed by atoms with E-state index in [4.69, 9.17) is 0 Å². The number of hydrogen-bond donors (Lipinski definition) is 0. The molecule has 0 spiro atoms. The second-order valence-electron chi connectivity index (χ2n) is 12.6. The Morgan fingerprint density at radius 3 is 2.30 bits per heavy atom. The van der Waals surface area contributed by atoms with Crippen LogP contribution in [0.2, 0.25) is 0 Å². The molecule has 1 nitrogen and oxygen atoms in total. The van der Waals surface area contributed by atoms with Crippen LogP contribution >= 0.6 is 0 Å². The molecule has 5 aliphatic carbocycles. The van der Waals surface area contributed by atoms with Gasteiger partial charge in [-0.3, -0.25) is 4.79 Å². The molecule has 9 atom stereocenters. The van der Waals surface area contributed by atoms with Gasteiger partial charge in [-0.05, 0) is 103 Å². The van der Waals surface area contributed by atoms with Crippen LogP contribution in [0.3, 0.4) is 0 Å². The van der Waals surface area contributed by atoms with Gasteiger partial charge in [-0.15, -0.1) is 0 Å². The molecule has 0 amide bonds. The lowest BCUT2D eigenvalue weighted by atomic mass is 9.33. The first-order valence-corrected chi connectivity index (χ1v) is 12.2. The molecule has 0 aliphatic heterocycles. The van der Waals surface area contributed by atoms with Gasteiger partial charge < -0.3 is 0 Å². The lowest BCUT2D eigenvalue weighted by Crippen LogP contribution is -2.64. The van der Waals surface area contributed by atoms with Crippen molar-refractivity contribution in [1.82, 2.24) is 0 Å². The van der Waals surface area contributed by atoms with E-state index in [2.05, 4.69) is 34.6 Å². The van der Waals surface area contributed by atoms with E-state index in [9.17, 15) is 4.79 Å². The fourth-order valence-corrected chi connectivity index (χ4v) is 10.3. The van der Waals surface area contributed by atoms with Gasteiger partial charge in [0.15, 0.2) is 0 Å². The van der Waals surface area contributed by atoms with E-state index in [1.54, 1.807) is 0 Å². The number of carbonyl (C=O) groups excluding carboxylic acids is 1. The standard InChI is InChI=1S/C26H42O/c1-17-18-10-14-26(5)22(24(18,3)13-11-21(17)27)9-8-20-19-7-6-12-23(19,2)15-16-25(20,26)4/h17-20,22H,6-16H2,1-5H3/t17-,18?,19?,20?,22?,23-,24+,25-,26-/m1/s1. The summed E-state index contributed by atoms with van der Waals surface area (Å²) in [5.41, 5.74) is 2.08. The summed E-state index contributed by atoms with van der Waals surface area (Å²) in [7, 11) is 0. The Bertz CT molecular complexity index is 653. The number of rotatable bonds is 0. The van der Waals surface area contributed by atoms with E-state index in [1.165, 1.54) is 64.2 Å². The van der Waals surface area contributed by atoms with Gasteiger partial charge in [0, 0.05) is 12.3 Å². The maximum Gasteiger partial charge on any atom is 0.136 e. The van der Waals surface area contributed by atoms with Crippen LogP contribution in [0.4, 0.5) is 0 Å². The van der Waals surface area contributed by atoms with Gasteiger partial charge in [0.2, 0.25) is 0 Å². The first-order valence-electron chi connectivity index (χ1n) is 12.2. The van der Waals surface area contributed by atoms with Gasteiger partial charge in [0.05, 0.1) is 0 Å². The van der Waals surface area contributed by atoms with Crippen molar-refractivity contribution in [3.63, 3.8) is 0 Å². The van der Waals surface area contributed by atoms with Crippen molar-refractivity contribution in [2.75, 3.05) is 0 Å². The molecule has 5 fully saturated rings. The van der Waals surface area contributed by atoms with Gasteiger partial charge in [-0.25, -0.2) is 0 Å². The highest BCUT2D eigenvalue weighted by Crippen LogP contribution is 2.75. The average molecular weight is 371 g/mol. The third-order valence-corrected chi connectivity index (χ3v) is 12.2. The van der Waals surface area contributed by atoms with Crippen LogP contribution in [0.5, 0.6) is 0 Å². The molecule has 1 heteroatoms. The highest BCUT2D eigenvalue weighted by Gasteiger charge is 2.68. The van der Waals surface area contributed by atoms with E-state index < -0.39 is 0 Å². The van der Waals surface area contributed by atoms with Gasteiger partial charge in [-0.1, -0.05) is 41.0 Å². The zero-order valence-electron chi connectivity index (χ0n) is 18.6. The Morgan fingerprint density at radius 1 is 0.741 bits per heavy atom. The van der Waals surface area contributed by atoms with Crippen LogP contribution < -0.4 is 0 Å². The minimum Gasteiger partial charge on any atom is -0.299 e. The normalized spacial score (nSPS) is 60.2. The molecule has 0 N–H and O–H groups in total. The summed E-state index contributed by atoms with van der Waals surface area (Å²) in [6, 6.07) is 0. The van der Waals surface area contributed by atoms with E-state index >= 15 is 0 Å². The first kappa shape index (κ1) is 18.7. The molecule has 152 valence electrons. The molecule has 5 aliphatic rings. The van der Waals surface area contributed by atoms with Crippen LogP contribution in [-0.4, -0.2) is 5.78 Å². The summed E-state index contributed by atoms with van der Waals surface area (Å²) < 4.78 is 0. The number of Topliss-reactive ketones (excluding diaryl/α,β-unsaturated/α-hetero) is 1. The molecular weight excluding hydrogens is 328 g/mol. The van der Waals surface area contributed by atoms with Crippen molar-refractivity contribution < 1.29 is 4.79 Å². The second kappa shape index (κ2) is 5.63. The summed E-state index contributed by atoms with van der Waals surface area (Å²) in [4.78, 5) is 12.5. The van der Waals surface area contributed by atoms with Crippen LogP contribution in [0.25, 0.3) is 0 Å². The molecule has 0 heterocycles. The van der Waals surface area contributed by atoms with E-state index in [0.717, 1.165) is 24.2 Å². The molecule has 0 aromatic carbocycles. The quantitative estimate of drug-likeness (QED) is 0.447. The fourth-order valence-electron chi connectivity index (χ4n) is 10.3. The summed E-state index contributed by atoms with van der Waals surface area (Å²) >= 11 is 0. The maximum absolute atomic E-state index is 12.5. The molecule has 5 rings (SSSR count). The van der Waals surface area contributed by atoms with Crippen molar-refractivity contribution in [2.24, 2.45) is 51.2 Å². The van der Waals surface area contributed by atoms with Crippen LogP contribution in [0, 0.1) is 51.2 Å². The number of fused-ring (bicyclic) bond motifs is 7. The molecular formula is C26H42O. The molecule has 0 saturated heterocycles. The smallest absolute Gasteiger partial charge is 0.136 e. The summed E-state index contributed by atoms with van der Waals surface area (Å²) in [5, 5.41) is 0. The molecule has 0 radical (unpaired) electrons. The first-order chi connectivity index (χ1) is 12.7. The number of ketones is 1. The van der Waals surface area contributed by atoms with E-state index in [1.807, 2.05) is 0 Å². The molecule has 0 aromatic heterocycles. The lowest BCUT2D eigenvalue weighted by molar-refractivity contribution is -0.223. The van der Waals surface area contributed by atoms with Crippen LogP contribution in [0.15, 0.2) is 0 Å². The van der Waals surface area contributed by atoms with Crippen LogP contribution in [0.1, 0.15) is 105 Å². The fraction of sp³-hybridized carbons (Fsp3) is 0.962. The Labute approximate surface area is 167 Å². The minimum atomic E-state index is 0.309. The number of carbonyl (C=O) groups is 1. The Morgan fingerprint density at radius 2 is 1.52 bits per heavy atom. The molecule has 5 saturated carbocycles. The summed E-state index contributed by atoms with van der Waals surface area (Å²) in [6.45, 7) is 12.9. The van der Waals surface area contributed by atoms with Gasteiger partial charge >= 0.3 is 0 Å². The SMILES string of the molecule is C[C@H]1C(=O)CC[C@@]2(C)C1CC[C@]1(C)C2CCC2C3CCC[C@]3(C)CC[C@]21C. The van der Waals surface area contributed by atoms with E-state index in [0.29, 0.717) is 39.3 Å². The summed E-state index contributed by atoms with van der Waals surface area (Å²) in [5.74, 6) is 4.31. The van der Waals surface area contributed by atoms with Gasteiger partial charge in [0.25, 0.3) is 0 Å². The average Bonchev–Trinajstić information content (AvgIpc) is 3.01.